The van der Waals surface area contributed by atoms with E-state index in [1.165, 1.54) is 54.0 Å². The number of aromatic nitrogens is 1. The summed E-state index contributed by atoms with van der Waals surface area (Å²) in [5.41, 5.74) is 4.12. The van der Waals surface area contributed by atoms with Crippen molar-refractivity contribution in [2.75, 3.05) is 0 Å². The van der Waals surface area contributed by atoms with Crippen LogP contribution < -0.4 is 0 Å². The van der Waals surface area contributed by atoms with Gasteiger partial charge in [0.1, 0.15) is 10.8 Å². The summed E-state index contributed by atoms with van der Waals surface area (Å²) in [7, 11) is 0. The molecule has 1 N–H and O–H groups in total. The van der Waals surface area contributed by atoms with Gasteiger partial charge in [-0.15, -0.1) is 11.3 Å². The maximum atomic E-state index is 13.4. The van der Waals surface area contributed by atoms with Gasteiger partial charge in [0, 0.05) is 5.56 Å². The maximum absolute atomic E-state index is 13.4. The van der Waals surface area contributed by atoms with Crippen molar-refractivity contribution in [2.24, 2.45) is 28.6 Å². The van der Waals surface area contributed by atoms with Gasteiger partial charge in [-0.05, 0) is 103 Å². The lowest BCUT2D eigenvalue weighted by Gasteiger charge is -2.56. The number of aliphatic hydroxyl groups is 1. The minimum Gasteiger partial charge on any atom is -0.393 e. The molecule has 2 nitrogen and oxygen atoms in total. The third kappa shape index (κ3) is 2.53. The highest BCUT2D eigenvalue weighted by molar-refractivity contribution is 7.16. The van der Waals surface area contributed by atoms with Crippen molar-refractivity contribution in [3.8, 4) is 10.6 Å². The van der Waals surface area contributed by atoms with E-state index in [0.29, 0.717) is 17.8 Å². The summed E-state index contributed by atoms with van der Waals surface area (Å²) in [5, 5.41) is 11.7. The number of aliphatic hydroxyl groups excluding tert-OH is 1. The topological polar surface area (TPSA) is 33.1 Å². The fraction of sp³-hybridized carbons (Fsp3) is 0.577. The molecule has 2 aromatic rings. The second kappa shape index (κ2) is 6.49. The number of fused-ring (bicyclic) bond motifs is 7. The molecule has 0 saturated heterocycles. The molecular weight excluding hydrogens is 393 g/mol. The standard InChI is InChI=1S/C26H30FNOS/c1-25-14-12-21-23(30-24(28-21)15-3-5-16(27)6-4-15)20(25)8-7-17-18-9-10-22(29)26(18,2)13-11-19(17)25/h3-6,8,17-19,22,29H,7,9-14H2,1-2H3/t17-,18-,19-,22?,25+,26-/m0/s1. The Bertz CT molecular complexity index is 1030. The van der Waals surface area contributed by atoms with E-state index in [1.807, 2.05) is 12.1 Å². The predicted molar refractivity (Wildman–Crippen MR) is 120 cm³/mol. The van der Waals surface area contributed by atoms with E-state index in [1.54, 1.807) is 11.3 Å². The van der Waals surface area contributed by atoms with Crippen LogP contribution in [0.2, 0.25) is 0 Å². The Morgan fingerprint density at radius 2 is 1.87 bits per heavy atom. The summed E-state index contributed by atoms with van der Waals surface area (Å²) in [6, 6.07) is 6.74. The van der Waals surface area contributed by atoms with Crippen molar-refractivity contribution >= 4 is 16.9 Å². The van der Waals surface area contributed by atoms with Crippen LogP contribution in [-0.2, 0) is 6.42 Å². The normalized spacial score (nSPS) is 39.5. The van der Waals surface area contributed by atoms with Gasteiger partial charge in [0.25, 0.3) is 0 Å². The molecule has 2 saturated carbocycles. The van der Waals surface area contributed by atoms with E-state index >= 15 is 0 Å². The highest BCUT2D eigenvalue weighted by atomic mass is 32.1. The van der Waals surface area contributed by atoms with Gasteiger partial charge in [-0.1, -0.05) is 19.9 Å². The molecule has 0 amide bonds. The molecule has 4 aliphatic carbocycles. The van der Waals surface area contributed by atoms with Crippen molar-refractivity contribution in [2.45, 2.75) is 64.9 Å². The molecule has 4 heteroatoms. The molecule has 1 unspecified atom stereocenters. The van der Waals surface area contributed by atoms with E-state index in [4.69, 9.17) is 4.98 Å². The Hall–Kier alpha value is -1.52. The SMILES string of the molecule is C[C@]12CCc3nc(-c4ccc(F)cc4)sc3C1=CC[C@@H]1[C@@H]2CC[C@]2(C)C(O)CC[C@@H]12. The molecular formula is C26H30FNOS. The van der Waals surface area contributed by atoms with Gasteiger partial charge in [0.2, 0.25) is 0 Å². The minimum atomic E-state index is -0.199. The third-order valence-electron chi connectivity index (χ3n) is 9.33. The minimum absolute atomic E-state index is 0.112. The van der Waals surface area contributed by atoms with Crippen molar-refractivity contribution in [1.82, 2.24) is 4.98 Å². The van der Waals surface area contributed by atoms with E-state index in [9.17, 15) is 9.50 Å². The molecule has 1 heterocycles. The average molecular weight is 424 g/mol. The van der Waals surface area contributed by atoms with Crippen LogP contribution in [0.4, 0.5) is 4.39 Å². The summed E-state index contributed by atoms with van der Waals surface area (Å²) in [6.07, 6.45) is 10.4. The predicted octanol–water partition coefficient (Wildman–Crippen LogP) is 6.49. The Kier molecular flexibility index (Phi) is 4.15. The van der Waals surface area contributed by atoms with E-state index < -0.39 is 0 Å². The molecule has 1 aromatic heterocycles. The molecule has 0 aliphatic heterocycles. The molecule has 6 rings (SSSR count). The number of aryl methyl sites for hydroxylation is 1. The number of rotatable bonds is 1. The number of hydrogen-bond acceptors (Lipinski definition) is 3. The summed E-state index contributed by atoms with van der Waals surface area (Å²) in [5.74, 6) is 1.89. The number of benzene rings is 1. The van der Waals surface area contributed by atoms with Gasteiger partial charge in [-0.25, -0.2) is 9.37 Å². The quantitative estimate of drug-likeness (QED) is 0.568. The summed E-state index contributed by atoms with van der Waals surface area (Å²) in [4.78, 5) is 6.35. The van der Waals surface area contributed by atoms with E-state index in [0.717, 1.165) is 29.8 Å². The van der Waals surface area contributed by atoms with Crippen LogP contribution in [0.3, 0.4) is 0 Å². The molecule has 30 heavy (non-hydrogen) atoms. The van der Waals surface area contributed by atoms with Crippen molar-refractivity contribution < 1.29 is 9.50 Å². The van der Waals surface area contributed by atoms with E-state index in [-0.39, 0.29) is 22.8 Å². The second-order valence-corrected chi connectivity index (χ2v) is 11.6. The van der Waals surface area contributed by atoms with Gasteiger partial charge in [0.15, 0.2) is 0 Å². The first-order chi connectivity index (χ1) is 14.4. The van der Waals surface area contributed by atoms with Gasteiger partial charge in [0.05, 0.1) is 16.7 Å². The van der Waals surface area contributed by atoms with Crippen LogP contribution >= 0.6 is 11.3 Å². The molecule has 4 aliphatic rings. The lowest BCUT2D eigenvalue weighted by molar-refractivity contribution is -0.0579. The van der Waals surface area contributed by atoms with Crippen LogP contribution in [-0.4, -0.2) is 16.2 Å². The number of hydrogen-bond donors (Lipinski definition) is 1. The van der Waals surface area contributed by atoms with Crippen LogP contribution in [0.5, 0.6) is 0 Å². The van der Waals surface area contributed by atoms with Crippen LogP contribution in [0, 0.1) is 34.4 Å². The molecule has 0 bridgehead atoms. The lowest BCUT2D eigenvalue weighted by Crippen LogP contribution is -2.50. The number of allylic oxidation sites excluding steroid dienone is 2. The summed E-state index contributed by atoms with van der Waals surface area (Å²) >= 11 is 1.80. The zero-order valence-corrected chi connectivity index (χ0v) is 18.6. The zero-order chi connectivity index (χ0) is 20.7. The summed E-state index contributed by atoms with van der Waals surface area (Å²) < 4.78 is 13.4. The highest BCUT2D eigenvalue weighted by Crippen LogP contribution is 2.66. The third-order valence-corrected chi connectivity index (χ3v) is 10.5. The molecule has 0 radical (unpaired) electrons. The smallest absolute Gasteiger partial charge is 0.124 e. The van der Waals surface area contributed by atoms with Crippen molar-refractivity contribution in [3.05, 3.63) is 46.7 Å². The molecule has 0 spiro atoms. The fourth-order valence-corrected chi connectivity index (χ4v) is 8.86. The summed E-state index contributed by atoms with van der Waals surface area (Å²) in [6.45, 7) is 4.86. The second-order valence-electron chi connectivity index (χ2n) is 10.6. The Labute approximate surface area is 182 Å². The van der Waals surface area contributed by atoms with Gasteiger partial charge < -0.3 is 5.11 Å². The first-order valence-corrected chi connectivity index (χ1v) is 12.4. The number of halogens is 1. The van der Waals surface area contributed by atoms with Crippen LogP contribution in [0.1, 0.15) is 62.9 Å². The zero-order valence-electron chi connectivity index (χ0n) is 17.8. The van der Waals surface area contributed by atoms with Gasteiger partial charge >= 0.3 is 0 Å². The first kappa shape index (κ1) is 19.2. The fourth-order valence-electron chi connectivity index (χ4n) is 7.56. The monoisotopic (exact) mass is 423 g/mol. The molecule has 158 valence electrons. The Morgan fingerprint density at radius 1 is 1.07 bits per heavy atom. The van der Waals surface area contributed by atoms with Crippen molar-refractivity contribution in [1.29, 1.82) is 0 Å². The molecule has 2 fully saturated rings. The lowest BCUT2D eigenvalue weighted by atomic mass is 9.48. The molecule has 1 aromatic carbocycles. The number of thiazole rings is 1. The van der Waals surface area contributed by atoms with Gasteiger partial charge in [-0.2, -0.15) is 0 Å². The molecule has 6 atom stereocenters. The van der Waals surface area contributed by atoms with Gasteiger partial charge in [-0.3, -0.25) is 0 Å². The highest BCUT2D eigenvalue weighted by Gasteiger charge is 2.58. The Balaban J connectivity index is 1.38. The van der Waals surface area contributed by atoms with E-state index in [2.05, 4.69) is 19.9 Å². The first-order valence-electron chi connectivity index (χ1n) is 11.5. The average Bonchev–Trinajstić information content (AvgIpc) is 3.29. The van der Waals surface area contributed by atoms with Crippen molar-refractivity contribution in [3.63, 3.8) is 0 Å². The maximum Gasteiger partial charge on any atom is 0.124 e. The Morgan fingerprint density at radius 3 is 2.67 bits per heavy atom. The largest absolute Gasteiger partial charge is 0.393 e. The van der Waals surface area contributed by atoms with Crippen LogP contribution in [0.15, 0.2) is 30.3 Å². The number of nitrogens with zero attached hydrogens (tertiary/aromatic N) is 1. The van der Waals surface area contributed by atoms with Crippen LogP contribution in [0.25, 0.3) is 16.1 Å².